The fourth-order valence-electron chi connectivity index (χ4n) is 1.63. The number of nitrogens with one attached hydrogen (secondary N) is 1. The van der Waals surface area contributed by atoms with Crippen LogP contribution in [0.3, 0.4) is 0 Å². The molecule has 1 N–H and O–H groups in total. The molecule has 0 aliphatic heterocycles. The smallest absolute Gasteiger partial charge is 0.0172 e. The summed E-state index contributed by atoms with van der Waals surface area (Å²) < 4.78 is 0. The van der Waals surface area contributed by atoms with E-state index in [1.54, 1.807) is 0 Å². The maximum atomic E-state index is 3.54. The monoisotopic (exact) mass is 231 g/mol. The summed E-state index contributed by atoms with van der Waals surface area (Å²) in [5.74, 6) is 0. The Morgan fingerprint density at radius 2 is 1.88 bits per heavy atom. The van der Waals surface area contributed by atoms with Gasteiger partial charge < -0.3 is 5.32 Å². The van der Waals surface area contributed by atoms with E-state index in [1.165, 1.54) is 16.7 Å². The lowest BCUT2D eigenvalue weighted by atomic mass is 10.0. The van der Waals surface area contributed by atoms with Gasteiger partial charge in [-0.2, -0.15) is 0 Å². The molecule has 1 aromatic carbocycles. The number of hydrogen-bond acceptors (Lipinski definition) is 1. The third kappa shape index (κ3) is 5.18. The highest BCUT2D eigenvalue weighted by molar-refractivity contribution is 5.56. The molecule has 1 heteroatoms. The minimum absolute atomic E-state index is 0.181. The number of aryl methyl sites for hydroxylation is 1. The van der Waals surface area contributed by atoms with E-state index >= 15 is 0 Å². The molecule has 0 spiro atoms. The Bertz CT molecular complexity index is 383. The molecule has 0 atom stereocenters. The zero-order chi connectivity index (χ0) is 12.9. The molecule has 0 bridgehead atoms. The maximum Gasteiger partial charge on any atom is 0.0172 e. The minimum Gasteiger partial charge on any atom is -0.308 e. The van der Waals surface area contributed by atoms with Crippen molar-refractivity contribution in [3.8, 4) is 0 Å². The molecule has 0 unspecified atom stereocenters. The lowest BCUT2D eigenvalue weighted by molar-refractivity contribution is 0.443. The molecule has 0 aliphatic rings. The van der Waals surface area contributed by atoms with Gasteiger partial charge in [0.2, 0.25) is 0 Å². The van der Waals surface area contributed by atoms with Crippen molar-refractivity contribution >= 4 is 6.08 Å². The van der Waals surface area contributed by atoms with Gasteiger partial charge in [-0.05, 0) is 45.2 Å². The summed E-state index contributed by atoms with van der Waals surface area (Å²) in [6.07, 6.45) is 3.41. The van der Waals surface area contributed by atoms with E-state index in [2.05, 4.69) is 70.3 Å². The molecule has 0 fully saturated rings. The van der Waals surface area contributed by atoms with Crippen molar-refractivity contribution in [1.29, 1.82) is 0 Å². The fourth-order valence-corrected chi connectivity index (χ4v) is 1.63. The van der Waals surface area contributed by atoms with Crippen LogP contribution in [0.1, 0.15) is 45.2 Å². The second-order valence-corrected chi connectivity index (χ2v) is 5.62. The van der Waals surface area contributed by atoms with Gasteiger partial charge in [0, 0.05) is 12.1 Å². The van der Waals surface area contributed by atoms with Crippen molar-refractivity contribution in [2.24, 2.45) is 0 Å². The van der Waals surface area contributed by atoms with E-state index < -0.39 is 0 Å². The van der Waals surface area contributed by atoms with Crippen molar-refractivity contribution < 1.29 is 0 Å². The minimum atomic E-state index is 0.181. The van der Waals surface area contributed by atoms with E-state index in [-0.39, 0.29) is 5.54 Å². The molecule has 0 saturated heterocycles. The summed E-state index contributed by atoms with van der Waals surface area (Å²) in [4.78, 5) is 0. The molecule has 1 rings (SSSR count). The van der Waals surface area contributed by atoms with Crippen molar-refractivity contribution in [2.45, 2.75) is 46.6 Å². The van der Waals surface area contributed by atoms with Gasteiger partial charge in [-0.25, -0.2) is 0 Å². The van der Waals surface area contributed by atoms with Gasteiger partial charge in [0.25, 0.3) is 0 Å². The van der Waals surface area contributed by atoms with Crippen LogP contribution in [0.4, 0.5) is 0 Å². The van der Waals surface area contributed by atoms with Crippen molar-refractivity contribution in [1.82, 2.24) is 5.32 Å². The second-order valence-electron chi connectivity index (χ2n) is 5.62. The summed E-state index contributed by atoms with van der Waals surface area (Å²) in [5.41, 5.74) is 4.31. The van der Waals surface area contributed by atoms with E-state index in [4.69, 9.17) is 0 Å². The Balaban J connectivity index is 2.77. The van der Waals surface area contributed by atoms with Crippen molar-refractivity contribution in [2.75, 3.05) is 6.54 Å². The van der Waals surface area contributed by atoms with E-state index in [1.807, 2.05) is 0 Å². The van der Waals surface area contributed by atoms with Crippen LogP contribution in [0, 0.1) is 6.92 Å². The lowest BCUT2D eigenvalue weighted by Crippen LogP contribution is -2.36. The molecule has 0 radical (unpaired) electrons. The van der Waals surface area contributed by atoms with Crippen molar-refractivity contribution in [3.05, 3.63) is 41.0 Å². The van der Waals surface area contributed by atoms with Gasteiger partial charge >= 0.3 is 0 Å². The highest BCUT2D eigenvalue weighted by Crippen LogP contribution is 2.14. The van der Waals surface area contributed by atoms with Crippen LogP contribution in [0.2, 0.25) is 0 Å². The van der Waals surface area contributed by atoms with Gasteiger partial charge in [0.15, 0.2) is 0 Å². The summed E-state index contributed by atoms with van der Waals surface area (Å²) >= 11 is 0. The SMILES string of the molecule is CCC(=Cc1ccccc1C)CNC(C)(C)C. The molecule has 0 saturated carbocycles. The third-order valence-corrected chi connectivity index (χ3v) is 2.85. The zero-order valence-corrected chi connectivity index (χ0v) is 11.8. The second kappa shape index (κ2) is 6.02. The van der Waals surface area contributed by atoms with Gasteiger partial charge in [0.1, 0.15) is 0 Å². The van der Waals surface area contributed by atoms with Gasteiger partial charge in [-0.15, -0.1) is 0 Å². The molecular weight excluding hydrogens is 206 g/mol. The number of rotatable bonds is 4. The first-order valence-corrected chi connectivity index (χ1v) is 6.42. The molecule has 0 aromatic heterocycles. The Hall–Kier alpha value is -1.08. The first-order valence-electron chi connectivity index (χ1n) is 6.42. The Kier molecular flexibility index (Phi) is 4.95. The topological polar surface area (TPSA) is 12.0 Å². The van der Waals surface area contributed by atoms with Crippen molar-refractivity contribution in [3.63, 3.8) is 0 Å². The maximum absolute atomic E-state index is 3.54. The highest BCUT2D eigenvalue weighted by Gasteiger charge is 2.08. The molecule has 1 aromatic rings. The van der Waals surface area contributed by atoms with Crippen LogP contribution < -0.4 is 5.32 Å². The summed E-state index contributed by atoms with van der Waals surface area (Å²) in [5, 5.41) is 3.54. The normalized spacial score (nSPS) is 12.9. The summed E-state index contributed by atoms with van der Waals surface area (Å²) in [6.45, 7) is 12.0. The van der Waals surface area contributed by atoms with E-state index in [0.717, 1.165) is 13.0 Å². The zero-order valence-electron chi connectivity index (χ0n) is 11.8. The van der Waals surface area contributed by atoms with Gasteiger partial charge in [-0.1, -0.05) is 42.8 Å². The molecule has 17 heavy (non-hydrogen) atoms. The first kappa shape index (κ1) is 14.0. The summed E-state index contributed by atoms with van der Waals surface area (Å²) in [6, 6.07) is 8.54. The van der Waals surface area contributed by atoms with Gasteiger partial charge in [0.05, 0.1) is 0 Å². The number of hydrogen-bond donors (Lipinski definition) is 1. The third-order valence-electron chi connectivity index (χ3n) is 2.85. The van der Waals surface area contributed by atoms with Crippen LogP contribution >= 0.6 is 0 Å². The fraction of sp³-hybridized carbons (Fsp3) is 0.500. The Morgan fingerprint density at radius 3 is 2.41 bits per heavy atom. The summed E-state index contributed by atoms with van der Waals surface area (Å²) in [7, 11) is 0. The quantitative estimate of drug-likeness (QED) is 0.820. The van der Waals surface area contributed by atoms with Crippen LogP contribution in [0.25, 0.3) is 6.08 Å². The molecule has 0 heterocycles. The molecule has 94 valence electrons. The van der Waals surface area contributed by atoms with Crippen LogP contribution in [-0.2, 0) is 0 Å². The van der Waals surface area contributed by atoms with Crippen LogP contribution in [0.15, 0.2) is 29.8 Å². The molecular formula is C16H25N. The van der Waals surface area contributed by atoms with E-state index in [0.29, 0.717) is 0 Å². The highest BCUT2D eigenvalue weighted by atomic mass is 14.9. The van der Waals surface area contributed by atoms with E-state index in [9.17, 15) is 0 Å². The lowest BCUT2D eigenvalue weighted by Gasteiger charge is -2.21. The Morgan fingerprint density at radius 1 is 1.24 bits per heavy atom. The van der Waals surface area contributed by atoms with Crippen LogP contribution in [-0.4, -0.2) is 12.1 Å². The Labute approximate surface area is 106 Å². The largest absolute Gasteiger partial charge is 0.308 e. The van der Waals surface area contributed by atoms with Crippen LogP contribution in [0.5, 0.6) is 0 Å². The first-order chi connectivity index (χ1) is 7.92. The predicted molar refractivity (Wildman–Crippen MR) is 77.2 cm³/mol. The molecule has 1 nitrogen and oxygen atoms in total. The average molecular weight is 231 g/mol. The molecule has 0 amide bonds. The molecule has 0 aliphatic carbocycles. The predicted octanol–water partition coefficient (Wildman–Crippen LogP) is 4.18. The standard InChI is InChI=1S/C16H25N/c1-6-14(12-17-16(3,4)5)11-15-10-8-7-9-13(15)2/h7-11,17H,6,12H2,1-5H3. The average Bonchev–Trinajstić information content (AvgIpc) is 2.25. The number of benzene rings is 1. The van der Waals surface area contributed by atoms with Gasteiger partial charge in [-0.3, -0.25) is 0 Å².